The van der Waals surface area contributed by atoms with Gasteiger partial charge in [-0.3, -0.25) is 0 Å². The minimum absolute atomic E-state index is 0.965. The zero-order valence-electron chi connectivity index (χ0n) is 3.50. The van der Waals surface area contributed by atoms with Gasteiger partial charge in [0, 0.05) is 0 Å². The van der Waals surface area contributed by atoms with E-state index in [1.54, 1.807) is 0 Å². The minimum atomic E-state index is -4.14. The quantitative estimate of drug-likeness (QED) is 0.497. The summed E-state index contributed by atoms with van der Waals surface area (Å²) < 4.78 is 32.8. The van der Waals surface area contributed by atoms with E-state index >= 15 is 0 Å². The van der Waals surface area contributed by atoms with E-state index in [1.165, 1.54) is 0 Å². The summed E-state index contributed by atoms with van der Waals surface area (Å²) in [5.74, 6) is 0. The SMILES string of the molecule is O[SiH2]CC(F)(F)F. The fourth-order valence-corrected chi connectivity index (χ4v) is 0.380. The summed E-state index contributed by atoms with van der Waals surface area (Å²) in [6.07, 6.45) is -4.14. The summed E-state index contributed by atoms with van der Waals surface area (Å²) in [5.41, 5.74) is 0. The van der Waals surface area contributed by atoms with Gasteiger partial charge in [0.15, 0.2) is 9.76 Å². The van der Waals surface area contributed by atoms with Gasteiger partial charge in [0.2, 0.25) is 0 Å². The van der Waals surface area contributed by atoms with Crippen molar-refractivity contribution in [3.8, 4) is 0 Å². The van der Waals surface area contributed by atoms with Gasteiger partial charge in [0.05, 0.1) is 6.04 Å². The molecular weight excluding hydrogens is 125 g/mol. The molecule has 0 spiro atoms. The smallest absolute Gasteiger partial charge is 0.388 e. The van der Waals surface area contributed by atoms with Crippen LogP contribution in [0.3, 0.4) is 0 Å². The van der Waals surface area contributed by atoms with E-state index in [-0.39, 0.29) is 0 Å². The van der Waals surface area contributed by atoms with Crippen LogP contribution in [-0.4, -0.2) is 20.7 Å². The molecule has 44 valence electrons. The Labute approximate surface area is 41.1 Å². The highest BCUT2D eigenvalue weighted by Crippen LogP contribution is 2.18. The number of hydrogen-bond donors (Lipinski definition) is 1. The van der Waals surface area contributed by atoms with E-state index in [1.807, 2.05) is 0 Å². The fraction of sp³-hybridized carbons (Fsp3) is 1.00. The molecule has 0 rings (SSSR count). The van der Waals surface area contributed by atoms with Crippen LogP contribution in [0.25, 0.3) is 0 Å². The number of rotatable bonds is 1. The standard InChI is InChI=1S/C2H5F3OSi/c3-2(4,5)1-7-6/h6H,1,7H2. The summed E-state index contributed by atoms with van der Waals surface area (Å²) in [6.45, 7) is 0. The molecule has 0 saturated carbocycles. The first-order valence-electron chi connectivity index (χ1n) is 1.74. The Morgan fingerprint density at radius 3 is 1.86 bits per heavy atom. The normalized spacial score (nSPS) is 13.7. The molecule has 0 radical (unpaired) electrons. The summed E-state index contributed by atoms with van der Waals surface area (Å²) in [4.78, 5) is 7.82. The van der Waals surface area contributed by atoms with Crippen molar-refractivity contribution in [3.05, 3.63) is 0 Å². The zero-order chi connectivity index (χ0) is 5.91. The predicted molar refractivity (Wildman–Crippen MR) is 21.6 cm³/mol. The Balaban J connectivity index is 3.15. The highest BCUT2D eigenvalue weighted by Gasteiger charge is 2.25. The Kier molecular flexibility index (Phi) is 2.31. The molecule has 0 aromatic carbocycles. The van der Waals surface area contributed by atoms with Gasteiger partial charge in [-0.1, -0.05) is 0 Å². The summed E-state index contributed by atoms with van der Waals surface area (Å²) in [6, 6.07) is -0.965. The van der Waals surface area contributed by atoms with Gasteiger partial charge in [0.25, 0.3) is 0 Å². The lowest BCUT2D eigenvalue weighted by Crippen LogP contribution is -2.09. The van der Waals surface area contributed by atoms with Crippen molar-refractivity contribution in [2.45, 2.75) is 12.2 Å². The Hall–Kier alpha value is -0.0331. The number of halogens is 3. The van der Waals surface area contributed by atoms with Crippen molar-refractivity contribution in [1.29, 1.82) is 0 Å². The van der Waals surface area contributed by atoms with E-state index in [9.17, 15) is 13.2 Å². The Bertz CT molecular complexity index is 51.4. The maximum absolute atomic E-state index is 10.9. The molecule has 7 heavy (non-hydrogen) atoms. The molecule has 0 aromatic heterocycles. The first-order chi connectivity index (χ1) is 3.06. The highest BCUT2D eigenvalue weighted by atomic mass is 28.2. The van der Waals surface area contributed by atoms with Crippen LogP contribution in [0.5, 0.6) is 0 Å². The fourth-order valence-electron chi connectivity index (χ4n) is 0.127. The van der Waals surface area contributed by atoms with E-state index in [2.05, 4.69) is 0 Å². The van der Waals surface area contributed by atoms with Gasteiger partial charge in [-0.2, -0.15) is 13.2 Å². The molecule has 0 amide bonds. The molecule has 0 aliphatic heterocycles. The van der Waals surface area contributed by atoms with Crippen LogP contribution < -0.4 is 0 Å². The maximum Gasteiger partial charge on any atom is 0.388 e. The molecule has 0 aromatic rings. The van der Waals surface area contributed by atoms with Crippen LogP contribution in [-0.2, 0) is 0 Å². The molecular formula is C2H5F3OSi. The molecule has 0 heterocycles. The van der Waals surface area contributed by atoms with Crippen molar-refractivity contribution in [2.75, 3.05) is 0 Å². The van der Waals surface area contributed by atoms with Crippen LogP contribution in [0.2, 0.25) is 6.04 Å². The molecule has 0 unspecified atom stereocenters. The predicted octanol–water partition coefficient (Wildman–Crippen LogP) is 0.0431. The Morgan fingerprint density at radius 1 is 1.43 bits per heavy atom. The molecule has 1 nitrogen and oxygen atoms in total. The van der Waals surface area contributed by atoms with Gasteiger partial charge in [-0.25, -0.2) is 0 Å². The van der Waals surface area contributed by atoms with Gasteiger partial charge < -0.3 is 4.80 Å². The molecule has 0 saturated heterocycles. The van der Waals surface area contributed by atoms with E-state index in [0.29, 0.717) is 0 Å². The van der Waals surface area contributed by atoms with Gasteiger partial charge in [0.1, 0.15) is 0 Å². The van der Waals surface area contributed by atoms with Gasteiger partial charge in [-0.15, -0.1) is 0 Å². The second-order valence-corrected chi connectivity index (χ2v) is 2.04. The van der Waals surface area contributed by atoms with Crippen LogP contribution in [0, 0.1) is 0 Å². The van der Waals surface area contributed by atoms with Crippen LogP contribution in [0.15, 0.2) is 0 Å². The van der Waals surface area contributed by atoms with Gasteiger partial charge >= 0.3 is 6.18 Å². The van der Waals surface area contributed by atoms with E-state index in [4.69, 9.17) is 4.80 Å². The van der Waals surface area contributed by atoms with Crippen LogP contribution in [0.1, 0.15) is 0 Å². The molecule has 0 aliphatic rings. The van der Waals surface area contributed by atoms with Crippen molar-refractivity contribution in [2.24, 2.45) is 0 Å². The average molecular weight is 130 g/mol. The first-order valence-corrected chi connectivity index (χ1v) is 3.37. The lowest BCUT2D eigenvalue weighted by Gasteiger charge is -1.99. The highest BCUT2D eigenvalue weighted by molar-refractivity contribution is 6.25. The molecule has 0 fully saturated rings. The van der Waals surface area contributed by atoms with E-state index in [0.717, 1.165) is 0 Å². The topological polar surface area (TPSA) is 20.2 Å². The molecule has 5 heteroatoms. The third-order valence-corrected chi connectivity index (χ3v) is 1.19. The zero-order valence-corrected chi connectivity index (χ0v) is 4.91. The number of alkyl halides is 3. The maximum atomic E-state index is 10.9. The Morgan fingerprint density at radius 2 is 1.86 bits per heavy atom. The van der Waals surface area contributed by atoms with Crippen molar-refractivity contribution >= 4 is 9.76 Å². The average Bonchev–Trinajstić information content (AvgIpc) is 1.30. The van der Waals surface area contributed by atoms with Crippen LogP contribution >= 0.6 is 0 Å². The monoisotopic (exact) mass is 130 g/mol. The molecule has 1 N–H and O–H groups in total. The minimum Gasteiger partial charge on any atom is -0.438 e. The van der Waals surface area contributed by atoms with Gasteiger partial charge in [-0.05, 0) is 0 Å². The first kappa shape index (κ1) is 6.97. The lowest BCUT2D eigenvalue weighted by molar-refractivity contribution is -0.110. The third kappa shape index (κ3) is 5.97. The second-order valence-electron chi connectivity index (χ2n) is 1.09. The summed E-state index contributed by atoms with van der Waals surface area (Å²) >= 11 is 0. The van der Waals surface area contributed by atoms with Crippen molar-refractivity contribution in [1.82, 2.24) is 0 Å². The van der Waals surface area contributed by atoms with E-state index < -0.39 is 22.0 Å². The van der Waals surface area contributed by atoms with Crippen molar-refractivity contribution < 1.29 is 18.0 Å². The summed E-state index contributed by atoms with van der Waals surface area (Å²) in [5, 5.41) is 0. The van der Waals surface area contributed by atoms with Crippen LogP contribution in [0.4, 0.5) is 13.2 Å². The lowest BCUT2D eigenvalue weighted by atomic mass is 10.8. The summed E-state index contributed by atoms with van der Waals surface area (Å²) in [7, 11) is -1.82. The molecule has 0 aliphatic carbocycles. The molecule has 0 atom stereocenters. The van der Waals surface area contributed by atoms with Crippen molar-refractivity contribution in [3.63, 3.8) is 0 Å². The second kappa shape index (κ2) is 2.32. The molecule has 0 bridgehead atoms. The largest absolute Gasteiger partial charge is 0.438 e. The third-order valence-electron chi connectivity index (χ3n) is 0.395. The number of hydrogen-bond acceptors (Lipinski definition) is 1.